The Morgan fingerprint density at radius 2 is 2.05 bits per heavy atom. The average molecular weight is 292 g/mol. The van der Waals surface area contributed by atoms with Crippen molar-refractivity contribution in [2.75, 3.05) is 5.32 Å². The predicted molar refractivity (Wildman–Crippen MR) is 79.8 cm³/mol. The number of carboxylic acid groups (broad SMARTS) is 1. The van der Waals surface area contributed by atoms with Crippen LogP contribution in [-0.4, -0.2) is 22.0 Å². The summed E-state index contributed by atoms with van der Waals surface area (Å²) in [4.78, 5) is 21.7. The van der Waals surface area contributed by atoms with E-state index in [1.54, 1.807) is 6.92 Å². The van der Waals surface area contributed by atoms with Gasteiger partial charge in [-0.2, -0.15) is 0 Å². The average Bonchev–Trinajstić information content (AvgIpc) is 2.94. The molecule has 0 heterocycles. The van der Waals surface area contributed by atoms with Crippen LogP contribution in [0.25, 0.3) is 0 Å². The first-order valence-corrected chi connectivity index (χ1v) is 7.19. The van der Waals surface area contributed by atoms with Crippen LogP contribution in [0.5, 0.6) is 0 Å². The molecule has 1 aromatic rings. The Morgan fingerprint density at radius 1 is 1.43 bits per heavy atom. The van der Waals surface area contributed by atoms with Gasteiger partial charge in [-0.3, -0.25) is 10.1 Å². The number of nitro groups is 1. The number of benzene rings is 1. The highest BCUT2D eigenvalue weighted by Crippen LogP contribution is 2.32. The van der Waals surface area contributed by atoms with Gasteiger partial charge in [-0.15, -0.1) is 0 Å². The van der Waals surface area contributed by atoms with Gasteiger partial charge in [0.1, 0.15) is 0 Å². The number of hydrogen-bond acceptors (Lipinski definition) is 4. The minimum Gasteiger partial charge on any atom is -0.478 e. The van der Waals surface area contributed by atoms with E-state index in [4.69, 9.17) is 5.11 Å². The second-order valence-corrected chi connectivity index (χ2v) is 5.71. The third-order valence-electron chi connectivity index (χ3n) is 4.31. The van der Waals surface area contributed by atoms with Gasteiger partial charge in [0.25, 0.3) is 5.69 Å². The molecule has 1 aliphatic rings. The molecule has 114 valence electrons. The van der Waals surface area contributed by atoms with Crippen LogP contribution in [0.2, 0.25) is 0 Å². The molecular formula is C15H20N2O4. The highest BCUT2D eigenvalue weighted by molar-refractivity contribution is 5.90. The number of hydrogen-bond donors (Lipinski definition) is 2. The highest BCUT2D eigenvalue weighted by atomic mass is 16.6. The Bertz CT molecular complexity index is 565. The minimum atomic E-state index is -1.16. The molecule has 0 spiro atoms. The number of nitrogens with one attached hydrogen (secondary N) is 1. The van der Waals surface area contributed by atoms with Crippen LogP contribution in [0.15, 0.2) is 12.1 Å². The summed E-state index contributed by atoms with van der Waals surface area (Å²) in [6.45, 7) is 3.70. The highest BCUT2D eigenvalue weighted by Gasteiger charge is 2.24. The van der Waals surface area contributed by atoms with Crippen LogP contribution in [-0.2, 0) is 0 Å². The lowest BCUT2D eigenvalue weighted by atomic mass is 9.98. The number of carbonyl (C=O) groups is 1. The Balaban J connectivity index is 2.32. The summed E-state index contributed by atoms with van der Waals surface area (Å²) in [6.07, 6.45) is 4.72. The lowest BCUT2D eigenvalue weighted by Gasteiger charge is -2.23. The zero-order valence-corrected chi connectivity index (χ0v) is 12.3. The molecule has 1 aliphatic carbocycles. The summed E-state index contributed by atoms with van der Waals surface area (Å²) < 4.78 is 0. The van der Waals surface area contributed by atoms with Gasteiger partial charge in [0.15, 0.2) is 0 Å². The predicted octanol–water partition coefficient (Wildman–Crippen LogP) is 3.59. The Hall–Kier alpha value is -2.11. The van der Waals surface area contributed by atoms with Gasteiger partial charge in [0, 0.05) is 23.4 Å². The monoisotopic (exact) mass is 292 g/mol. The van der Waals surface area contributed by atoms with Crippen LogP contribution in [0.4, 0.5) is 11.4 Å². The first-order valence-electron chi connectivity index (χ1n) is 7.19. The van der Waals surface area contributed by atoms with E-state index < -0.39 is 10.9 Å². The second-order valence-electron chi connectivity index (χ2n) is 5.71. The van der Waals surface area contributed by atoms with Crippen LogP contribution in [0.3, 0.4) is 0 Å². The van der Waals surface area contributed by atoms with Gasteiger partial charge in [-0.05, 0) is 38.7 Å². The lowest BCUT2D eigenvalue weighted by Crippen LogP contribution is -2.24. The van der Waals surface area contributed by atoms with Gasteiger partial charge >= 0.3 is 5.97 Å². The molecule has 0 aliphatic heterocycles. The van der Waals surface area contributed by atoms with Crippen LogP contribution < -0.4 is 5.32 Å². The van der Waals surface area contributed by atoms with Crippen molar-refractivity contribution in [2.45, 2.75) is 45.6 Å². The van der Waals surface area contributed by atoms with E-state index in [1.807, 2.05) is 0 Å². The summed E-state index contributed by atoms with van der Waals surface area (Å²) in [5.41, 5.74) is 0.806. The number of nitro benzene ring substituents is 1. The molecule has 0 saturated heterocycles. The standard InChI is InChI=1S/C15H20N2O4/c1-9-13(16-10(2)11-5-3-4-6-11)7-12(15(18)19)8-14(9)17(20)21/h7-8,10-11,16H,3-6H2,1-2H3,(H,18,19). The fourth-order valence-electron chi connectivity index (χ4n) is 2.98. The molecule has 0 amide bonds. The van der Waals surface area contributed by atoms with Crippen molar-refractivity contribution >= 4 is 17.3 Å². The summed E-state index contributed by atoms with van der Waals surface area (Å²) in [7, 11) is 0. The maximum absolute atomic E-state index is 11.1. The van der Waals surface area contributed by atoms with Crippen molar-refractivity contribution in [1.82, 2.24) is 0 Å². The molecule has 1 aromatic carbocycles. The zero-order valence-electron chi connectivity index (χ0n) is 12.3. The molecule has 1 unspecified atom stereocenters. The SMILES string of the molecule is Cc1c(NC(C)C2CCCC2)cc(C(=O)O)cc1[N+](=O)[O-]. The van der Waals surface area contributed by atoms with Crippen molar-refractivity contribution in [3.63, 3.8) is 0 Å². The maximum atomic E-state index is 11.1. The molecule has 2 N–H and O–H groups in total. The number of aromatic carboxylic acids is 1. The molecule has 0 radical (unpaired) electrons. The van der Waals surface area contributed by atoms with E-state index in [1.165, 1.54) is 18.9 Å². The van der Waals surface area contributed by atoms with Crippen molar-refractivity contribution in [2.24, 2.45) is 5.92 Å². The molecule has 0 bridgehead atoms. The maximum Gasteiger partial charge on any atom is 0.336 e. The van der Waals surface area contributed by atoms with Crippen molar-refractivity contribution < 1.29 is 14.8 Å². The lowest BCUT2D eigenvalue weighted by molar-refractivity contribution is -0.385. The molecule has 6 nitrogen and oxygen atoms in total. The van der Waals surface area contributed by atoms with Crippen molar-refractivity contribution in [3.8, 4) is 0 Å². The van der Waals surface area contributed by atoms with E-state index >= 15 is 0 Å². The van der Waals surface area contributed by atoms with Crippen molar-refractivity contribution in [1.29, 1.82) is 0 Å². The largest absolute Gasteiger partial charge is 0.478 e. The molecule has 1 atom stereocenters. The molecular weight excluding hydrogens is 272 g/mol. The molecule has 1 fully saturated rings. The first-order chi connectivity index (χ1) is 9.90. The quantitative estimate of drug-likeness (QED) is 0.639. The first kappa shape index (κ1) is 15.3. The van der Waals surface area contributed by atoms with E-state index in [0.29, 0.717) is 17.2 Å². The smallest absolute Gasteiger partial charge is 0.336 e. The minimum absolute atomic E-state index is 0.0616. The number of nitrogens with zero attached hydrogens (tertiary/aromatic N) is 1. The third-order valence-corrected chi connectivity index (χ3v) is 4.31. The number of carboxylic acids is 1. The number of anilines is 1. The van der Waals surface area contributed by atoms with Crippen molar-refractivity contribution in [3.05, 3.63) is 33.4 Å². The summed E-state index contributed by atoms with van der Waals surface area (Å²) in [5.74, 6) is -0.619. The third kappa shape index (κ3) is 3.32. The molecule has 0 aromatic heterocycles. The summed E-state index contributed by atoms with van der Waals surface area (Å²) >= 11 is 0. The van der Waals surface area contributed by atoms with Gasteiger partial charge in [0.2, 0.25) is 0 Å². The number of rotatable bonds is 5. The zero-order chi connectivity index (χ0) is 15.6. The van der Waals surface area contributed by atoms with E-state index in [-0.39, 0.29) is 17.3 Å². The molecule has 2 rings (SSSR count). The Kier molecular flexibility index (Phi) is 4.45. The fraction of sp³-hybridized carbons (Fsp3) is 0.533. The van der Waals surface area contributed by atoms with Gasteiger partial charge < -0.3 is 10.4 Å². The molecule has 6 heteroatoms. The van der Waals surface area contributed by atoms with E-state index in [0.717, 1.165) is 18.9 Å². The fourth-order valence-corrected chi connectivity index (χ4v) is 2.98. The van der Waals surface area contributed by atoms with E-state index in [9.17, 15) is 14.9 Å². The Morgan fingerprint density at radius 3 is 2.57 bits per heavy atom. The Labute approximate surface area is 123 Å². The van der Waals surface area contributed by atoms with Crippen LogP contribution in [0, 0.1) is 23.0 Å². The normalized spacial score (nSPS) is 16.7. The van der Waals surface area contributed by atoms with Crippen LogP contribution in [0.1, 0.15) is 48.5 Å². The van der Waals surface area contributed by atoms with Gasteiger partial charge in [-0.1, -0.05) is 12.8 Å². The van der Waals surface area contributed by atoms with Crippen LogP contribution >= 0.6 is 0 Å². The molecule has 1 saturated carbocycles. The van der Waals surface area contributed by atoms with E-state index in [2.05, 4.69) is 12.2 Å². The second kappa shape index (κ2) is 6.11. The molecule has 21 heavy (non-hydrogen) atoms. The van der Waals surface area contributed by atoms with Gasteiger partial charge in [-0.25, -0.2) is 4.79 Å². The topological polar surface area (TPSA) is 92.5 Å². The summed E-state index contributed by atoms with van der Waals surface area (Å²) in [6, 6.07) is 2.77. The van der Waals surface area contributed by atoms with Gasteiger partial charge in [0.05, 0.1) is 10.5 Å². The summed E-state index contributed by atoms with van der Waals surface area (Å²) in [5, 5.41) is 23.5.